The lowest BCUT2D eigenvalue weighted by Crippen LogP contribution is -2.42. The molecule has 2 rings (SSSR count). The second-order valence-corrected chi connectivity index (χ2v) is 7.91. The summed E-state index contributed by atoms with van der Waals surface area (Å²) in [5.74, 6) is -0.574. The van der Waals surface area contributed by atoms with Crippen LogP contribution in [0.4, 0.5) is 4.39 Å². The minimum absolute atomic E-state index is 0.142. The predicted octanol–water partition coefficient (Wildman–Crippen LogP) is 2.53. The van der Waals surface area contributed by atoms with E-state index < -0.39 is 12.1 Å². The molecule has 0 radical (unpaired) electrons. The van der Waals surface area contributed by atoms with Gasteiger partial charge in [0.15, 0.2) is 0 Å². The Kier molecular flexibility index (Phi) is 6.68. The van der Waals surface area contributed by atoms with Gasteiger partial charge in [-0.2, -0.15) is 0 Å². The van der Waals surface area contributed by atoms with Gasteiger partial charge in [-0.25, -0.2) is 4.39 Å². The molecule has 1 aromatic carbocycles. The number of hydrogen-bond acceptors (Lipinski definition) is 4. The van der Waals surface area contributed by atoms with E-state index in [1.54, 1.807) is 24.4 Å². The first kappa shape index (κ1) is 21.0. The fourth-order valence-electron chi connectivity index (χ4n) is 2.81. The van der Waals surface area contributed by atoms with Crippen molar-refractivity contribution in [2.45, 2.75) is 58.2 Å². The monoisotopic (exact) mass is 373 g/mol. The molecule has 2 aromatic rings. The number of aryl methyl sites for hydroxylation is 1. The van der Waals surface area contributed by atoms with Crippen molar-refractivity contribution in [3.05, 3.63) is 64.7 Å². The molecule has 0 saturated heterocycles. The van der Waals surface area contributed by atoms with Gasteiger partial charge in [-0.05, 0) is 69.5 Å². The Morgan fingerprint density at radius 1 is 1.30 bits per heavy atom. The first-order valence-electron chi connectivity index (χ1n) is 9.02. The van der Waals surface area contributed by atoms with Gasteiger partial charge >= 0.3 is 0 Å². The zero-order chi connectivity index (χ0) is 20.2. The first-order chi connectivity index (χ1) is 12.6. The van der Waals surface area contributed by atoms with Crippen molar-refractivity contribution in [3.63, 3.8) is 0 Å². The highest BCUT2D eigenvalue weighted by atomic mass is 19.1. The van der Waals surface area contributed by atoms with Crippen LogP contribution < -0.4 is 11.1 Å². The molecule has 5 nitrogen and oxygen atoms in total. The SMILES string of the molecule is Cc1ccc(F)cc1C[C@@H](N)[C@@H](O)Cc1ncccc1C(=O)NC(C)(C)C. The standard InChI is InChI=1S/C21H28FN3O2/c1-13-7-8-15(22)10-14(13)11-17(23)19(26)12-18-16(6-5-9-24-18)20(27)25-21(2,3)4/h5-10,17,19,26H,11-12,23H2,1-4H3,(H,25,27)/t17-,19+/m1/s1. The Morgan fingerprint density at radius 2 is 2.00 bits per heavy atom. The lowest BCUT2D eigenvalue weighted by Gasteiger charge is -2.23. The predicted molar refractivity (Wildman–Crippen MR) is 104 cm³/mol. The third-order valence-corrected chi connectivity index (χ3v) is 4.29. The summed E-state index contributed by atoms with van der Waals surface area (Å²) in [7, 11) is 0. The average molecular weight is 373 g/mol. The van der Waals surface area contributed by atoms with Crippen molar-refractivity contribution in [1.82, 2.24) is 10.3 Å². The highest BCUT2D eigenvalue weighted by Crippen LogP contribution is 2.16. The molecule has 27 heavy (non-hydrogen) atoms. The topological polar surface area (TPSA) is 88.2 Å². The van der Waals surface area contributed by atoms with Gasteiger partial charge in [-0.1, -0.05) is 6.07 Å². The molecule has 0 aliphatic heterocycles. The van der Waals surface area contributed by atoms with Crippen LogP contribution >= 0.6 is 0 Å². The number of aliphatic hydroxyl groups is 1. The number of nitrogens with zero attached hydrogens (tertiary/aromatic N) is 1. The largest absolute Gasteiger partial charge is 0.391 e. The number of aromatic nitrogens is 1. The van der Waals surface area contributed by atoms with Crippen LogP contribution in [0.25, 0.3) is 0 Å². The molecule has 146 valence electrons. The van der Waals surface area contributed by atoms with Gasteiger partial charge < -0.3 is 16.2 Å². The van der Waals surface area contributed by atoms with E-state index in [2.05, 4.69) is 10.3 Å². The Morgan fingerprint density at radius 3 is 2.67 bits per heavy atom. The van der Waals surface area contributed by atoms with Crippen LogP contribution in [0.5, 0.6) is 0 Å². The number of carbonyl (C=O) groups is 1. The fraction of sp³-hybridized carbons (Fsp3) is 0.429. The molecule has 0 fully saturated rings. The minimum atomic E-state index is -0.913. The van der Waals surface area contributed by atoms with Crippen molar-refractivity contribution < 1.29 is 14.3 Å². The quantitative estimate of drug-likeness (QED) is 0.726. The number of pyridine rings is 1. The summed E-state index contributed by atoms with van der Waals surface area (Å²) in [6, 6.07) is 7.28. The molecule has 1 aromatic heterocycles. The number of carbonyl (C=O) groups excluding carboxylic acids is 1. The highest BCUT2D eigenvalue weighted by molar-refractivity contribution is 5.95. The second-order valence-electron chi connectivity index (χ2n) is 7.91. The molecule has 1 heterocycles. The highest BCUT2D eigenvalue weighted by Gasteiger charge is 2.23. The Bertz CT molecular complexity index is 802. The number of halogens is 1. The zero-order valence-electron chi connectivity index (χ0n) is 16.3. The van der Waals surface area contributed by atoms with Crippen LogP contribution in [0.3, 0.4) is 0 Å². The zero-order valence-corrected chi connectivity index (χ0v) is 16.3. The number of nitrogens with one attached hydrogen (secondary N) is 1. The van der Waals surface area contributed by atoms with Crippen LogP contribution in [0.15, 0.2) is 36.5 Å². The lowest BCUT2D eigenvalue weighted by atomic mass is 9.95. The fourth-order valence-corrected chi connectivity index (χ4v) is 2.81. The van der Waals surface area contributed by atoms with Crippen LogP contribution in [-0.4, -0.2) is 33.7 Å². The third-order valence-electron chi connectivity index (χ3n) is 4.29. The van der Waals surface area contributed by atoms with E-state index in [1.807, 2.05) is 27.7 Å². The van der Waals surface area contributed by atoms with Gasteiger partial charge in [0.2, 0.25) is 0 Å². The summed E-state index contributed by atoms with van der Waals surface area (Å²) in [4.78, 5) is 16.8. The van der Waals surface area contributed by atoms with Crippen molar-refractivity contribution in [1.29, 1.82) is 0 Å². The van der Waals surface area contributed by atoms with E-state index in [-0.39, 0.29) is 23.7 Å². The number of amides is 1. The number of aliphatic hydroxyl groups excluding tert-OH is 1. The molecular weight excluding hydrogens is 345 g/mol. The lowest BCUT2D eigenvalue weighted by molar-refractivity contribution is 0.0916. The molecule has 0 saturated carbocycles. The van der Waals surface area contributed by atoms with Crippen molar-refractivity contribution >= 4 is 5.91 Å². The molecule has 0 bridgehead atoms. The van der Waals surface area contributed by atoms with Gasteiger partial charge in [-0.3, -0.25) is 9.78 Å². The summed E-state index contributed by atoms with van der Waals surface area (Å²) in [5, 5.41) is 13.4. The van der Waals surface area contributed by atoms with E-state index in [0.717, 1.165) is 11.1 Å². The van der Waals surface area contributed by atoms with Crippen molar-refractivity contribution in [2.24, 2.45) is 5.73 Å². The maximum absolute atomic E-state index is 13.5. The third kappa shape index (κ3) is 6.12. The summed E-state index contributed by atoms with van der Waals surface area (Å²) < 4.78 is 13.5. The summed E-state index contributed by atoms with van der Waals surface area (Å²) in [6.45, 7) is 7.56. The van der Waals surface area contributed by atoms with E-state index in [4.69, 9.17) is 5.73 Å². The van der Waals surface area contributed by atoms with Gasteiger partial charge in [0.1, 0.15) is 5.82 Å². The number of rotatable bonds is 6. The molecule has 0 unspecified atom stereocenters. The number of benzene rings is 1. The van der Waals surface area contributed by atoms with Crippen LogP contribution in [0.1, 0.15) is 48.0 Å². The summed E-state index contributed by atoms with van der Waals surface area (Å²) >= 11 is 0. The Balaban J connectivity index is 2.12. The van der Waals surface area contributed by atoms with Crippen molar-refractivity contribution in [3.8, 4) is 0 Å². The first-order valence-corrected chi connectivity index (χ1v) is 9.02. The van der Waals surface area contributed by atoms with Gasteiger partial charge in [0.05, 0.1) is 17.4 Å². The molecule has 4 N–H and O–H groups in total. The van der Waals surface area contributed by atoms with Crippen molar-refractivity contribution in [2.75, 3.05) is 0 Å². The smallest absolute Gasteiger partial charge is 0.253 e. The normalized spacial score (nSPS) is 13.9. The molecule has 6 heteroatoms. The van der Waals surface area contributed by atoms with Crippen LogP contribution in [0.2, 0.25) is 0 Å². The average Bonchev–Trinajstić information content (AvgIpc) is 2.57. The van der Waals surface area contributed by atoms with Gasteiger partial charge in [0, 0.05) is 24.2 Å². The summed E-state index contributed by atoms with van der Waals surface area (Å²) in [5.41, 5.74) is 8.34. The van der Waals surface area contributed by atoms with E-state index >= 15 is 0 Å². The van der Waals surface area contributed by atoms with E-state index in [0.29, 0.717) is 17.7 Å². The molecule has 0 spiro atoms. The van der Waals surface area contributed by atoms with E-state index in [9.17, 15) is 14.3 Å². The molecular formula is C21H28FN3O2. The number of nitrogens with two attached hydrogens (primary N) is 1. The van der Waals surface area contributed by atoms with Gasteiger partial charge in [0.25, 0.3) is 5.91 Å². The second kappa shape index (κ2) is 8.59. The van der Waals surface area contributed by atoms with Gasteiger partial charge in [-0.15, -0.1) is 0 Å². The molecule has 0 aliphatic rings. The maximum Gasteiger partial charge on any atom is 0.253 e. The minimum Gasteiger partial charge on any atom is -0.391 e. The summed E-state index contributed by atoms with van der Waals surface area (Å²) in [6.07, 6.45) is 1.14. The van der Waals surface area contributed by atoms with Crippen LogP contribution in [0, 0.1) is 12.7 Å². The Labute approximate surface area is 159 Å². The maximum atomic E-state index is 13.5. The molecule has 2 atom stereocenters. The van der Waals surface area contributed by atoms with E-state index in [1.165, 1.54) is 12.1 Å². The van der Waals surface area contributed by atoms with Crippen LogP contribution in [-0.2, 0) is 12.8 Å². The Hall–Kier alpha value is -2.31. The number of hydrogen-bond donors (Lipinski definition) is 3. The molecule has 1 amide bonds. The molecule has 0 aliphatic carbocycles.